The highest BCUT2D eigenvalue weighted by Crippen LogP contribution is 2.24. The van der Waals surface area contributed by atoms with Gasteiger partial charge in [-0.05, 0) is 49.8 Å². The third-order valence-electron chi connectivity index (χ3n) is 4.88. The number of halogens is 2. The third kappa shape index (κ3) is 6.60. The summed E-state index contributed by atoms with van der Waals surface area (Å²) in [6, 6.07) is 10.7. The van der Waals surface area contributed by atoms with Gasteiger partial charge in [0.1, 0.15) is 17.4 Å². The molecule has 1 aliphatic rings. The molecule has 0 bridgehead atoms. The minimum Gasteiger partial charge on any atom is -0.492 e. The zero-order chi connectivity index (χ0) is 22.2. The van der Waals surface area contributed by atoms with Crippen LogP contribution >= 0.6 is 12.2 Å². The highest BCUT2D eigenvalue weighted by Gasteiger charge is 2.20. The fraction of sp³-hybridized carbons (Fsp3) is 0.364. The molecule has 0 aliphatic carbocycles. The van der Waals surface area contributed by atoms with E-state index in [0.29, 0.717) is 31.4 Å². The van der Waals surface area contributed by atoms with E-state index in [0.717, 1.165) is 36.5 Å². The average molecular weight is 449 g/mol. The molecule has 0 saturated carbocycles. The van der Waals surface area contributed by atoms with Crippen molar-refractivity contribution >= 4 is 34.6 Å². The van der Waals surface area contributed by atoms with Gasteiger partial charge in [-0.3, -0.25) is 9.69 Å². The summed E-state index contributed by atoms with van der Waals surface area (Å²) in [5.41, 5.74) is 0.789. The van der Waals surface area contributed by atoms with Crippen LogP contribution in [0.15, 0.2) is 42.5 Å². The quantitative estimate of drug-likeness (QED) is 0.658. The standard InChI is InChI=1S/C22H26F2N4O2S/c1-2-30-20-7-4-3-6-19(20)26-22(31)28-11-5-10-27(12-13-28)15-21(29)25-18-9-8-16(23)14-17(18)24/h3-4,6-9,14H,2,5,10-13,15H2,1H3,(H,25,29)(H,26,31). The number of thiocarbonyl (C=S) groups is 1. The van der Waals surface area contributed by atoms with Crippen molar-refractivity contribution in [2.75, 3.05) is 50.0 Å². The van der Waals surface area contributed by atoms with Crippen molar-refractivity contribution in [3.8, 4) is 5.75 Å². The maximum absolute atomic E-state index is 13.7. The molecule has 2 aromatic carbocycles. The van der Waals surface area contributed by atoms with Crippen LogP contribution in [0.4, 0.5) is 20.2 Å². The zero-order valence-corrected chi connectivity index (χ0v) is 18.2. The Balaban J connectivity index is 1.52. The summed E-state index contributed by atoms with van der Waals surface area (Å²) in [5, 5.41) is 6.36. The Morgan fingerprint density at radius 1 is 1.06 bits per heavy atom. The lowest BCUT2D eigenvalue weighted by atomic mass is 10.3. The maximum atomic E-state index is 13.7. The number of amides is 1. The van der Waals surface area contributed by atoms with Crippen molar-refractivity contribution in [2.45, 2.75) is 13.3 Å². The monoisotopic (exact) mass is 448 g/mol. The van der Waals surface area contributed by atoms with Crippen LogP contribution in [-0.4, -0.2) is 60.2 Å². The molecule has 0 atom stereocenters. The Kier molecular flexibility index (Phi) is 8.13. The number of benzene rings is 2. The third-order valence-corrected chi connectivity index (χ3v) is 5.24. The number of nitrogens with one attached hydrogen (secondary N) is 2. The minimum atomic E-state index is -0.792. The molecule has 9 heteroatoms. The first-order valence-corrected chi connectivity index (χ1v) is 10.6. The van der Waals surface area contributed by atoms with E-state index in [-0.39, 0.29) is 18.1 Å². The van der Waals surface area contributed by atoms with Crippen LogP contribution in [0.2, 0.25) is 0 Å². The highest BCUT2D eigenvalue weighted by atomic mass is 32.1. The molecule has 1 fully saturated rings. The lowest BCUT2D eigenvalue weighted by Crippen LogP contribution is -2.39. The Bertz CT molecular complexity index is 928. The topological polar surface area (TPSA) is 56.8 Å². The number of nitrogens with zero attached hydrogens (tertiary/aromatic N) is 2. The summed E-state index contributed by atoms with van der Waals surface area (Å²) >= 11 is 5.59. The predicted molar refractivity (Wildman–Crippen MR) is 121 cm³/mol. The van der Waals surface area contributed by atoms with Crippen molar-refractivity contribution in [2.24, 2.45) is 0 Å². The van der Waals surface area contributed by atoms with Gasteiger partial charge in [0.25, 0.3) is 0 Å². The second kappa shape index (κ2) is 11.0. The lowest BCUT2D eigenvalue weighted by Gasteiger charge is -2.25. The summed E-state index contributed by atoms with van der Waals surface area (Å²) in [6.07, 6.45) is 0.827. The normalized spacial score (nSPS) is 14.6. The van der Waals surface area contributed by atoms with Crippen molar-refractivity contribution in [3.05, 3.63) is 54.1 Å². The number of anilines is 2. The fourth-order valence-corrected chi connectivity index (χ4v) is 3.65. The Labute approximate surface area is 186 Å². The molecule has 31 heavy (non-hydrogen) atoms. The molecule has 0 spiro atoms. The van der Waals surface area contributed by atoms with Gasteiger partial charge in [0, 0.05) is 32.2 Å². The van der Waals surface area contributed by atoms with Gasteiger partial charge in [0.05, 0.1) is 24.5 Å². The van der Waals surface area contributed by atoms with Gasteiger partial charge in [-0.15, -0.1) is 0 Å². The van der Waals surface area contributed by atoms with Crippen LogP contribution in [-0.2, 0) is 4.79 Å². The molecule has 0 aromatic heterocycles. The van der Waals surface area contributed by atoms with Crippen LogP contribution in [0.25, 0.3) is 0 Å². The Morgan fingerprint density at radius 3 is 2.65 bits per heavy atom. The largest absolute Gasteiger partial charge is 0.492 e. The van der Waals surface area contributed by atoms with Gasteiger partial charge >= 0.3 is 0 Å². The van der Waals surface area contributed by atoms with Gasteiger partial charge < -0.3 is 20.3 Å². The SMILES string of the molecule is CCOc1ccccc1NC(=S)N1CCCN(CC(=O)Nc2ccc(F)cc2F)CC1. The fourth-order valence-electron chi connectivity index (χ4n) is 3.36. The van der Waals surface area contributed by atoms with Crippen molar-refractivity contribution in [3.63, 3.8) is 0 Å². The number of ether oxygens (including phenoxy) is 1. The van der Waals surface area contributed by atoms with Crippen LogP contribution in [0, 0.1) is 11.6 Å². The Morgan fingerprint density at radius 2 is 1.87 bits per heavy atom. The molecular weight excluding hydrogens is 422 g/mol. The molecule has 166 valence electrons. The van der Waals surface area contributed by atoms with E-state index >= 15 is 0 Å². The molecule has 1 heterocycles. The summed E-state index contributed by atoms with van der Waals surface area (Å²) in [4.78, 5) is 16.4. The number of rotatable bonds is 6. The number of carbonyl (C=O) groups excluding carboxylic acids is 1. The van der Waals surface area contributed by atoms with Crippen molar-refractivity contribution in [1.82, 2.24) is 9.80 Å². The first-order chi connectivity index (χ1) is 15.0. The number of carbonyl (C=O) groups is 1. The maximum Gasteiger partial charge on any atom is 0.238 e. The average Bonchev–Trinajstić information content (AvgIpc) is 2.97. The van der Waals surface area contributed by atoms with E-state index in [2.05, 4.69) is 15.5 Å². The second-order valence-corrected chi connectivity index (χ2v) is 7.54. The van der Waals surface area contributed by atoms with Gasteiger partial charge in [-0.2, -0.15) is 0 Å². The Hall–Kier alpha value is -2.78. The van der Waals surface area contributed by atoms with Crippen LogP contribution in [0.5, 0.6) is 5.75 Å². The molecule has 2 N–H and O–H groups in total. The summed E-state index contributed by atoms with van der Waals surface area (Å²) in [6.45, 7) is 5.38. The van der Waals surface area contributed by atoms with Gasteiger partial charge in [-0.25, -0.2) is 8.78 Å². The van der Waals surface area contributed by atoms with E-state index in [9.17, 15) is 13.6 Å². The summed E-state index contributed by atoms with van der Waals surface area (Å²) < 4.78 is 32.4. The molecule has 0 radical (unpaired) electrons. The number of hydrogen-bond acceptors (Lipinski definition) is 4. The van der Waals surface area contributed by atoms with E-state index < -0.39 is 11.6 Å². The van der Waals surface area contributed by atoms with E-state index in [4.69, 9.17) is 17.0 Å². The number of para-hydroxylation sites is 2. The summed E-state index contributed by atoms with van der Waals surface area (Å²) in [7, 11) is 0. The second-order valence-electron chi connectivity index (χ2n) is 7.15. The molecule has 2 aromatic rings. The van der Waals surface area contributed by atoms with E-state index in [1.165, 1.54) is 6.07 Å². The first-order valence-electron chi connectivity index (χ1n) is 10.2. The summed E-state index contributed by atoms with van der Waals surface area (Å²) in [5.74, 6) is -1.07. The van der Waals surface area contributed by atoms with Gasteiger partial charge in [0.2, 0.25) is 5.91 Å². The first kappa shape index (κ1) is 22.9. The minimum absolute atomic E-state index is 0.0267. The molecule has 6 nitrogen and oxygen atoms in total. The molecular formula is C22H26F2N4O2S. The molecule has 3 rings (SSSR count). The molecule has 0 unspecified atom stereocenters. The number of hydrogen-bond donors (Lipinski definition) is 2. The van der Waals surface area contributed by atoms with E-state index in [1.54, 1.807) is 0 Å². The van der Waals surface area contributed by atoms with Crippen molar-refractivity contribution in [1.29, 1.82) is 0 Å². The molecule has 1 aliphatic heterocycles. The zero-order valence-electron chi connectivity index (χ0n) is 17.4. The van der Waals surface area contributed by atoms with Crippen LogP contribution in [0.1, 0.15) is 13.3 Å². The lowest BCUT2D eigenvalue weighted by molar-refractivity contribution is -0.117. The van der Waals surface area contributed by atoms with Crippen LogP contribution < -0.4 is 15.4 Å². The van der Waals surface area contributed by atoms with Crippen molar-refractivity contribution < 1.29 is 18.3 Å². The highest BCUT2D eigenvalue weighted by molar-refractivity contribution is 7.80. The van der Waals surface area contributed by atoms with Crippen LogP contribution in [0.3, 0.4) is 0 Å². The van der Waals surface area contributed by atoms with E-state index in [1.807, 2.05) is 36.1 Å². The van der Waals surface area contributed by atoms with Gasteiger partial charge in [-0.1, -0.05) is 12.1 Å². The van der Waals surface area contributed by atoms with Gasteiger partial charge in [0.15, 0.2) is 5.11 Å². The smallest absolute Gasteiger partial charge is 0.238 e. The molecule has 1 amide bonds. The molecule has 1 saturated heterocycles. The predicted octanol–water partition coefficient (Wildman–Crippen LogP) is 3.71.